The van der Waals surface area contributed by atoms with Crippen LogP contribution in [0.1, 0.15) is 46.9 Å². The van der Waals surface area contributed by atoms with Crippen LogP contribution in [-0.2, 0) is 14.3 Å². The lowest BCUT2D eigenvalue weighted by molar-refractivity contribution is -0.152. The summed E-state index contributed by atoms with van der Waals surface area (Å²) >= 11 is 6.14. The summed E-state index contributed by atoms with van der Waals surface area (Å²) in [6, 6.07) is 24.6. The van der Waals surface area contributed by atoms with Crippen molar-refractivity contribution in [1.29, 1.82) is 0 Å². The Morgan fingerprint density at radius 2 is 1.44 bits per heavy atom. The molecule has 3 rings (SSSR count). The number of likely N-dealkylation sites (N-methyl/N-ethyl adjacent to an activating group) is 1. The first kappa shape index (κ1) is 25.0. The van der Waals surface area contributed by atoms with Gasteiger partial charge in [0, 0.05) is 7.05 Å². The van der Waals surface area contributed by atoms with E-state index in [-0.39, 0.29) is 25.0 Å². The molecule has 0 radical (unpaired) electrons. The zero-order chi connectivity index (χ0) is 24.5. The molecule has 0 saturated heterocycles. The van der Waals surface area contributed by atoms with E-state index in [4.69, 9.17) is 16.3 Å². The van der Waals surface area contributed by atoms with Gasteiger partial charge in [0.05, 0.1) is 29.1 Å². The molecule has 2 amide bonds. The van der Waals surface area contributed by atoms with Crippen LogP contribution in [0.2, 0.25) is 5.02 Å². The standard InChI is InChI=1S/C27H27ClN2O4/c1-19(20-11-5-3-6-12-20)30(2)25(31)18-34-26(32)17-24(21-13-7-4-8-14-21)29-27(33)22-15-9-10-16-23(22)28/h3-16,19,24H,17-18H2,1-2H3,(H,29,33). The molecule has 0 heterocycles. The summed E-state index contributed by atoms with van der Waals surface area (Å²) in [5.41, 5.74) is 2.03. The van der Waals surface area contributed by atoms with Crippen LogP contribution < -0.4 is 5.32 Å². The molecule has 0 aromatic heterocycles. The van der Waals surface area contributed by atoms with Crippen LogP contribution in [0.3, 0.4) is 0 Å². The van der Waals surface area contributed by atoms with Crippen LogP contribution in [-0.4, -0.2) is 36.3 Å². The highest BCUT2D eigenvalue weighted by Gasteiger charge is 2.23. The lowest BCUT2D eigenvalue weighted by Crippen LogP contribution is -2.34. The Labute approximate surface area is 204 Å². The van der Waals surface area contributed by atoms with Gasteiger partial charge >= 0.3 is 5.97 Å². The molecule has 0 aliphatic heterocycles. The highest BCUT2D eigenvalue weighted by atomic mass is 35.5. The lowest BCUT2D eigenvalue weighted by Gasteiger charge is -2.25. The van der Waals surface area contributed by atoms with Crippen molar-refractivity contribution in [2.45, 2.75) is 25.4 Å². The predicted molar refractivity (Wildman–Crippen MR) is 131 cm³/mol. The Morgan fingerprint density at radius 1 is 0.882 bits per heavy atom. The minimum Gasteiger partial charge on any atom is -0.455 e. The molecule has 0 bridgehead atoms. The Bertz CT molecular complexity index is 1120. The monoisotopic (exact) mass is 478 g/mol. The third-order valence-electron chi connectivity index (χ3n) is 5.61. The van der Waals surface area contributed by atoms with Crippen molar-refractivity contribution in [1.82, 2.24) is 10.2 Å². The fourth-order valence-electron chi connectivity index (χ4n) is 3.46. The molecule has 7 heteroatoms. The van der Waals surface area contributed by atoms with Gasteiger partial charge in [0.25, 0.3) is 11.8 Å². The van der Waals surface area contributed by atoms with Gasteiger partial charge in [-0.1, -0.05) is 84.4 Å². The van der Waals surface area contributed by atoms with Gasteiger partial charge in [-0.05, 0) is 30.2 Å². The van der Waals surface area contributed by atoms with Crippen molar-refractivity contribution in [2.24, 2.45) is 0 Å². The number of halogens is 1. The van der Waals surface area contributed by atoms with E-state index in [9.17, 15) is 14.4 Å². The number of benzene rings is 3. The molecule has 0 aliphatic rings. The van der Waals surface area contributed by atoms with Crippen molar-refractivity contribution in [3.63, 3.8) is 0 Å². The van der Waals surface area contributed by atoms with Crippen molar-refractivity contribution < 1.29 is 19.1 Å². The summed E-state index contributed by atoms with van der Waals surface area (Å²) in [7, 11) is 1.67. The second kappa shape index (κ2) is 12.0. The minimum atomic E-state index is -0.645. The molecule has 34 heavy (non-hydrogen) atoms. The number of ether oxygens (including phenoxy) is 1. The SMILES string of the molecule is CC(c1ccccc1)N(C)C(=O)COC(=O)CC(NC(=O)c1ccccc1Cl)c1ccccc1. The Kier molecular flexibility index (Phi) is 8.82. The Morgan fingerprint density at radius 3 is 2.06 bits per heavy atom. The van der Waals surface area contributed by atoms with Crippen molar-refractivity contribution >= 4 is 29.4 Å². The molecule has 0 spiro atoms. The first-order chi connectivity index (χ1) is 16.4. The van der Waals surface area contributed by atoms with Gasteiger partial charge in [-0.3, -0.25) is 14.4 Å². The van der Waals surface area contributed by atoms with Gasteiger partial charge in [-0.2, -0.15) is 0 Å². The molecule has 3 aromatic carbocycles. The number of hydrogen-bond donors (Lipinski definition) is 1. The Balaban J connectivity index is 1.62. The highest BCUT2D eigenvalue weighted by molar-refractivity contribution is 6.33. The fraction of sp³-hybridized carbons (Fsp3) is 0.222. The van der Waals surface area contributed by atoms with Crippen LogP contribution in [0, 0.1) is 0 Å². The van der Waals surface area contributed by atoms with E-state index in [2.05, 4.69) is 5.32 Å². The smallest absolute Gasteiger partial charge is 0.308 e. The summed E-state index contributed by atoms with van der Waals surface area (Å²) in [5.74, 6) is -1.32. The quantitative estimate of drug-likeness (QED) is 0.441. The predicted octanol–water partition coefficient (Wildman–Crippen LogP) is 4.96. The van der Waals surface area contributed by atoms with E-state index in [0.29, 0.717) is 10.6 Å². The Hall–Kier alpha value is -3.64. The second-order valence-electron chi connectivity index (χ2n) is 7.87. The van der Waals surface area contributed by atoms with E-state index in [1.54, 1.807) is 31.3 Å². The summed E-state index contributed by atoms with van der Waals surface area (Å²) in [6.45, 7) is 1.53. The third kappa shape index (κ3) is 6.68. The number of rotatable bonds is 9. The zero-order valence-electron chi connectivity index (χ0n) is 19.1. The number of carbonyl (C=O) groups excluding carboxylic acids is 3. The maximum Gasteiger partial charge on any atom is 0.308 e. The largest absolute Gasteiger partial charge is 0.455 e. The van der Waals surface area contributed by atoms with Crippen LogP contribution in [0.25, 0.3) is 0 Å². The number of carbonyl (C=O) groups is 3. The molecule has 3 aromatic rings. The highest BCUT2D eigenvalue weighted by Crippen LogP contribution is 2.21. The molecule has 6 nitrogen and oxygen atoms in total. The van der Waals surface area contributed by atoms with E-state index in [1.165, 1.54) is 4.90 Å². The summed E-state index contributed by atoms with van der Waals surface area (Å²) < 4.78 is 5.27. The number of esters is 1. The number of nitrogens with zero attached hydrogens (tertiary/aromatic N) is 1. The number of nitrogens with one attached hydrogen (secondary N) is 1. The van der Waals surface area contributed by atoms with Gasteiger partial charge in [0.15, 0.2) is 6.61 Å². The fourth-order valence-corrected chi connectivity index (χ4v) is 3.68. The van der Waals surface area contributed by atoms with Crippen molar-refractivity contribution in [2.75, 3.05) is 13.7 Å². The molecule has 1 N–H and O–H groups in total. The molecule has 0 aliphatic carbocycles. The molecule has 2 atom stereocenters. The molecule has 176 valence electrons. The van der Waals surface area contributed by atoms with Crippen LogP contribution in [0.15, 0.2) is 84.9 Å². The van der Waals surface area contributed by atoms with Crippen molar-refractivity contribution in [3.05, 3.63) is 107 Å². The third-order valence-corrected chi connectivity index (χ3v) is 5.94. The van der Waals surface area contributed by atoms with Gasteiger partial charge in [0.1, 0.15) is 0 Å². The van der Waals surface area contributed by atoms with E-state index < -0.39 is 17.9 Å². The maximum atomic E-state index is 12.8. The number of amides is 2. The van der Waals surface area contributed by atoms with Gasteiger partial charge in [-0.25, -0.2) is 0 Å². The molecular weight excluding hydrogens is 452 g/mol. The van der Waals surface area contributed by atoms with E-state index in [0.717, 1.165) is 11.1 Å². The lowest BCUT2D eigenvalue weighted by atomic mass is 10.0. The second-order valence-corrected chi connectivity index (χ2v) is 8.28. The maximum absolute atomic E-state index is 12.8. The summed E-state index contributed by atoms with van der Waals surface area (Å²) in [5, 5.41) is 3.17. The van der Waals surface area contributed by atoms with Crippen LogP contribution in [0.4, 0.5) is 0 Å². The van der Waals surface area contributed by atoms with E-state index >= 15 is 0 Å². The van der Waals surface area contributed by atoms with Gasteiger partial charge in [0.2, 0.25) is 0 Å². The molecular formula is C27H27ClN2O4. The number of hydrogen-bond acceptors (Lipinski definition) is 4. The zero-order valence-corrected chi connectivity index (χ0v) is 19.9. The van der Waals surface area contributed by atoms with E-state index in [1.807, 2.05) is 67.6 Å². The topological polar surface area (TPSA) is 75.7 Å². The first-order valence-electron chi connectivity index (χ1n) is 10.9. The average Bonchev–Trinajstić information content (AvgIpc) is 2.87. The molecule has 0 fully saturated rings. The molecule has 2 unspecified atom stereocenters. The van der Waals surface area contributed by atoms with Crippen molar-refractivity contribution in [3.8, 4) is 0 Å². The van der Waals surface area contributed by atoms with Gasteiger partial charge < -0.3 is 15.0 Å². The normalized spacial score (nSPS) is 12.3. The van der Waals surface area contributed by atoms with Crippen LogP contribution >= 0.6 is 11.6 Å². The average molecular weight is 479 g/mol. The van der Waals surface area contributed by atoms with Gasteiger partial charge in [-0.15, -0.1) is 0 Å². The summed E-state index contributed by atoms with van der Waals surface area (Å²) in [6.07, 6.45) is -0.133. The first-order valence-corrected chi connectivity index (χ1v) is 11.3. The molecule has 0 saturated carbocycles. The summed E-state index contributed by atoms with van der Waals surface area (Å²) in [4.78, 5) is 39.5. The minimum absolute atomic E-state index is 0.133. The van der Waals surface area contributed by atoms with Crippen LogP contribution in [0.5, 0.6) is 0 Å².